The standard InChI is InChI=1S/C22H33N7O4/c1-13-11-19(30)33-18-12-14(7-8-15(13)18)28-21(32)17(6-4-10-27-22(25)26)29-20(31)16(24)5-2-3-9-23/h7-8,11-12,16-17H,2-6,9-10,23-24H2,1H3,(H,28,32)(H,29,31)(H4,25,26,27)/t16-,17-/m0/s1. The highest BCUT2D eigenvalue weighted by atomic mass is 16.4. The summed E-state index contributed by atoms with van der Waals surface area (Å²) in [6, 6.07) is 4.82. The zero-order chi connectivity index (χ0) is 24.4. The number of unbranched alkanes of at least 4 members (excludes halogenated alkanes) is 1. The molecule has 0 unspecified atom stereocenters. The molecule has 0 aliphatic heterocycles. The molecule has 11 heteroatoms. The topological polar surface area (TPSA) is 205 Å². The summed E-state index contributed by atoms with van der Waals surface area (Å²) >= 11 is 0. The van der Waals surface area contributed by atoms with Gasteiger partial charge in [0, 0.05) is 29.8 Å². The average Bonchev–Trinajstić information content (AvgIpc) is 2.75. The number of aliphatic imine (C=N–C) groups is 1. The lowest BCUT2D eigenvalue weighted by molar-refractivity contribution is -0.127. The van der Waals surface area contributed by atoms with E-state index in [0.29, 0.717) is 50.0 Å². The molecule has 0 saturated carbocycles. The molecular weight excluding hydrogens is 426 g/mol. The van der Waals surface area contributed by atoms with Crippen LogP contribution in [0.25, 0.3) is 11.0 Å². The Bertz CT molecular complexity index is 1050. The van der Waals surface area contributed by atoms with Crippen LogP contribution in [0.3, 0.4) is 0 Å². The van der Waals surface area contributed by atoms with Gasteiger partial charge in [0.25, 0.3) is 0 Å². The van der Waals surface area contributed by atoms with Gasteiger partial charge in [-0.3, -0.25) is 14.6 Å². The van der Waals surface area contributed by atoms with Crippen molar-refractivity contribution in [2.45, 2.75) is 51.1 Å². The van der Waals surface area contributed by atoms with E-state index in [2.05, 4.69) is 15.6 Å². The van der Waals surface area contributed by atoms with Crippen LogP contribution in [0.1, 0.15) is 37.7 Å². The molecule has 0 saturated heterocycles. The molecule has 33 heavy (non-hydrogen) atoms. The largest absolute Gasteiger partial charge is 0.423 e. The maximum atomic E-state index is 13.0. The van der Waals surface area contributed by atoms with Crippen molar-refractivity contribution in [3.8, 4) is 0 Å². The normalized spacial score (nSPS) is 12.7. The molecule has 1 aromatic heterocycles. The van der Waals surface area contributed by atoms with Gasteiger partial charge in [-0.05, 0) is 56.8 Å². The van der Waals surface area contributed by atoms with Crippen molar-refractivity contribution in [3.05, 3.63) is 40.2 Å². The number of anilines is 1. The van der Waals surface area contributed by atoms with Crippen LogP contribution in [0.4, 0.5) is 5.69 Å². The van der Waals surface area contributed by atoms with Crippen molar-refractivity contribution in [1.29, 1.82) is 0 Å². The number of rotatable bonds is 12. The first-order chi connectivity index (χ1) is 15.7. The van der Waals surface area contributed by atoms with Gasteiger partial charge in [0.2, 0.25) is 11.8 Å². The third-order valence-corrected chi connectivity index (χ3v) is 5.10. The van der Waals surface area contributed by atoms with Crippen LogP contribution in [0.5, 0.6) is 0 Å². The van der Waals surface area contributed by atoms with Crippen LogP contribution in [-0.4, -0.2) is 42.9 Å². The average molecular weight is 460 g/mol. The molecule has 0 bridgehead atoms. The number of guanidine groups is 1. The Labute approximate surface area is 192 Å². The molecule has 0 radical (unpaired) electrons. The molecule has 180 valence electrons. The molecule has 0 aliphatic rings. The third-order valence-electron chi connectivity index (χ3n) is 5.10. The van der Waals surface area contributed by atoms with Crippen LogP contribution < -0.4 is 39.2 Å². The van der Waals surface area contributed by atoms with Crippen molar-refractivity contribution in [2.24, 2.45) is 27.9 Å². The number of nitrogens with two attached hydrogens (primary N) is 4. The number of carbonyl (C=O) groups excluding carboxylic acids is 2. The van der Waals surface area contributed by atoms with Gasteiger partial charge in [0.05, 0.1) is 6.04 Å². The Hall–Kier alpha value is -3.44. The van der Waals surface area contributed by atoms with Crippen LogP contribution in [-0.2, 0) is 9.59 Å². The number of hydrogen-bond acceptors (Lipinski definition) is 7. The number of amides is 2. The van der Waals surface area contributed by atoms with E-state index >= 15 is 0 Å². The minimum Gasteiger partial charge on any atom is -0.423 e. The summed E-state index contributed by atoms with van der Waals surface area (Å²) in [5, 5.41) is 6.24. The van der Waals surface area contributed by atoms with E-state index in [1.54, 1.807) is 25.1 Å². The fourth-order valence-corrected chi connectivity index (χ4v) is 3.32. The van der Waals surface area contributed by atoms with Crippen molar-refractivity contribution >= 4 is 34.4 Å². The highest BCUT2D eigenvalue weighted by Gasteiger charge is 2.23. The number of fused-ring (bicyclic) bond motifs is 1. The highest BCUT2D eigenvalue weighted by molar-refractivity contribution is 5.99. The third kappa shape index (κ3) is 8.20. The Morgan fingerprint density at radius 3 is 2.55 bits per heavy atom. The predicted octanol–water partition coefficient (Wildman–Crippen LogP) is 0.0346. The quantitative estimate of drug-likeness (QED) is 0.110. The summed E-state index contributed by atoms with van der Waals surface area (Å²) in [4.78, 5) is 41.1. The summed E-state index contributed by atoms with van der Waals surface area (Å²) in [5.74, 6) is -0.902. The molecule has 2 rings (SSSR count). The first-order valence-corrected chi connectivity index (χ1v) is 10.9. The van der Waals surface area contributed by atoms with Crippen molar-refractivity contribution in [2.75, 3.05) is 18.4 Å². The summed E-state index contributed by atoms with van der Waals surface area (Å²) in [6.45, 7) is 2.64. The second-order valence-corrected chi connectivity index (χ2v) is 7.85. The van der Waals surface area contributed by atoms with E-state index in [-0.39, 0.29) is 5.96 Å². The van der Waals surface area contributed by atoms with E-state index in [0.717, 1.165) is 17.4 Å². The Morgan fingerprint density at radius 2 is 1.85 bits per heavy atom. The lowest BCUT2D eigenvalue weighted by atomic mass is 10.1. The summed E-state index contributed by atoms with van der Waals surface area (Å²) in [5.41, 5.74) is 23.2. The fourth-order valence-electron chi connectivity index (χ4n) is 3.32. The maximum absolute atomic E-state index is 13.0. The maximum Gasteiger partial charge on any atom is 0.336 e. The molecule has 0 fully saturated rings. The molecule has 2 aromatic rings. The van der Waals surface area contributed by atoms with Crippen molar-refractivity contribution in [1.82, 2.24) is 5.32 Å². The summed E-state index contributed by atoms with van der Waals surface area (Å²) in [7, 11) is 0. The van der Waals surface area contributed by atoms with Gasteiger partial charge in [-0.2, -0.15) is 0 Å². The van der Waals surface area contributed by atoms with Gasteiger partial charge >= 0.3 is 5.63 Å². The molecule has 0 aliphatic carbocycles. The number of nitrogens with zero attached hydrogens (tertiary/aromatic N) is 1. The first-order valence-electron chi connectivity index (χ1n) is 10.9. The van der Waals surface area contributed by atoms with Gasteiger partial charge in [-0.15, -0.1) is 0 Å². The van der Waals surface area contributed by atoms with E-state index in [1.807, 2.05) is 0 Å². The van der Waals surface area contributed by atoms with Crippen LogP contribution in [0.15, 0.2) is 38.5 Å². The molecule has 1 heterocycles. The van der Waals surface area contributed by atoms with Gasteiger partial charge in [-0.1, -0.05) is 6.42 Å². The summed E-state index contributed by atoms with van der Waals surface area (Å²) in [6.07, 6.45) is 2.71. The second-order valence-electron chi connectivity index (χ2n) is 7.85. The second kappa shape index (κ2) is 12.6. The minimum absolute atomic E-state index is 0.0464. The number of aryl methyl sites for hydroxylation is 1. The molecule has 10 N–H and O–H groups in total. The molecule has 2 amide bonds. The monoisotopic (exact) mass is 459 g/mol. The van der Waals surface area contributed by atoms with E-state index in [4.69, 9.17) is 27.4 Å². The van der Waals surface area contributed by atoms with Gasteiger partial charge in [-0.25, -0.2) is 4.79 Å². The molecule has 11 nitrogen and oxygen atoms in total. The molecule has 1 aromatic carbocycles. The fraction of sp³-hybridized carbons (Fsp3) is 0.455. The lowest BCUT2D eigenvalue weighted by Crippen LogP contribution is -2.50. The number of carbonyl (C=O) groups is 2. The van der Waals surface area contributed by atoms with E-state index < -0.39 is 29.5 Å². The Kier molecular flexibility index (Phi) is 9.83. The Morgan fingerprint density at radius 1 is 1.09 bits per heavy atom. The molecule has 2 atom stereocenters. The Balaban J connectivity index is 2.12. The number of nitrogens with one attached hydrogen (secondary N) is 2. The van der Waals surface area contributed by atoms with E-state index in [1.165, 1.54) is 6.07 Å². The highest BCUT2D eigenvalue weighted by Crippen LogP contribution is 2.21. The van der Waals surface area contributed by atoms with Crippen LogP contribution in [0, 0.1) is 6.92 Å². The van der Waals surface area contributed by atoms with E-state index in [9.17, 15) is 14.4 Å². The van der Waals surface area contributed by atoms with Gasteiger partial charge in [0.15, 0.2) is 5.96 Å². The minimum atomic E-state index is -0.854. The summed E-state index contributed by atoms with van der Waals surface area (Å²) < 4.78 is 5.23. The predicted molar refractivity (Wildman–Crippen MR) is 129 cm³/mol. The van der Waals surface area contributed by atoms with Crippen LogP contribution >= 0.6 is 0 Å². The molecule has 0 spiro atoms. The number of benzene rings is 1. The SMILES string of the molecule is Cc1cc(=O)oc2cc(NC(=O)[C@H](CCCN=C(N)N)NC(=O)[C@@H](N)CCCCN)ccc12. The number of hydrogen-bond donors (Lipinski definition) is 6. The zero-order valence-corrected chi connectivity index (χ0v) is 18.8. The lowest BCUT2D eigenvalue weighted by Gasteiger charge is -2.21. The van der Waals surface area contributed by atoms with Gasteiger partial charge in [0.1, 0.15) is 11.6 Å². The zero-order valence-electron chi connectivity index (χ0n) is 18.8. The van der Waals surface area contributed by atoms with Crippen molar-refractivity contribution < 1.29 is 14.0 Å². The molecular formula is C22H33N7O4. The first kappa shape index (κ1) is 25.8. The van der Waals surface area contributed by atoms with Gasteiger partial charge < -0.3 is 38.0 Å². The van der Waals surface area contributed by atoms with Crippen molar-refractivity contribution in [3.63, 3.8) is 0 Å². The smallest absolute Gasteiger partial charge is 0.336 e. The van der Waals surface area contributed by atoms with Crippen LogP contribution in [0.2, 0.25) is 0 Å².